The maximum absolute atomic E-state index is 11.8. The molecule has 0 aliphatic rings. The molecule has 1 atom stereocenters. The van der Waals surface area contributed by atoms with Crippen LogP contribution >= 0.6 is 0 Å². The maximum atomic E-state index is 11.8. The molecule has 0 fully saturated rings. The van der Waals surface area contributed by atoms with Crippen LogP contribution in [0.2, 0.25) is 0 Å². The number of amides is 1. The summed E-state index contributed by atoms with van der Waals surface area (Å²) < 4.78 is 0. The molecular weight excluding hydrogens is 192 g/mol. The number of aliphatic hydroxyl groups is 1. The number of aliphatic hydroxyl groups excluding tert-OH is 1. The third-order valence-electron chi connectivity index (χ3n) is 2.31. The Morgan fingerprint density at radius 3 is 2.60 bits per heavy atom. The summed E-state index contributed by atoms with van der Waals surface area (Å²) in [6, 6.07) is 2.04. The van der Waals surface area contributed by atoms with Gasteiger partial charge in [-0.2, -0.15) is 5.26 Å². The molecule has 0 bridgehead atoms. The minimum absolute atomic E-state index is 0.0782. The standard InChI is InChI=1S/C11H20N2O2/c1-3-6-10(9-12)11(15)13(4-2)7-5-8-14/h10,14H,3-8H2,1-2H3. The van der Waals surface area contributed by atoms with Gasteiger partial charge in [0.1, 0.15) is 5.92 Å². The van der Waals surface area contributed by atoms with Crippen LogP contribution in [-0.4, -0.2) is 35.6 Å². The Morgan fingerprint density at radius 1 is 1.53 bits per heavy atom. The molecule has 0 aromatic heterocycles. The van der Waals surface area contributed by atoms with Crippen LogP contribution in [0.3, 0.4) is 0 Å². The van der Waals surface area contributed by atoms with Gasteiger partial charge in [0.15, 0.2) is 0 Å². The Hall–Kier alpha value is -1.08. The van der Waals surface area contributed by atoms with Gasteiger partial charge in [0, 0.05) is 19.7 Å². The number of carbonyl (C=O) groups excluding carboxylic acids is 1. The van der Waals surface area contributed by atoms with Gasteiger partial charge in [-0.1, -0.05) is 13.3 Å². The van der Waals surface area contributed by atoms with E-state index in [0.29, 0.717) is 25.9 Å². The molecule has 0 heterocycles. The summed E-state index contributed by atoms with van der Waals surface area (Å²) >= 11 is 0. The number of nitrogens with zero attached hydrogens (tertiary/aromatic N) is 2. The van der Waals surface area contributed by atoms with E-state index in [1.165, 1.54) is 0 Å². The van der Waals surface area contributed by atoms with Crippen molar-refractivity contribution in [2.24, 2.45) is 5.92 Å². The molecule has 0 aromatic rings. The smallest absolute Gasteiger partial charge is 0.239 e. The maximum Gasteiger partial charge on any atom is 0.239 e. The molecule has 4 nitrogen and oxygen atoms in total. The SMILES string of the molecule is CCCC(C#N)C(=O)N(CC)CCCO. The van der Waals surface area contributed by atoms with Gasteiger partial charge in [0.05, 0.1) is 6.07 Å². The molecule has 0 rings (SSSR count). The molecule has 4 heteroatoms. The number of carbonyl (C=O) groups is 1. The highest BCUT2D eigenvalue weighted by atomic mass is 16.3. The lowest BCUT2D eigenvalue weighted by atomic mass is 10.0. The third kappa shape index (κ3) is 4.80. The van der Waals surface area contributed by atoms with Gasteiger partial charge in [-0.05, 0) is 19.8 Å². The third-order valence-corrected chi connectivity index (χ3v) is 2.31. The minimum Gasteiger partial charge on any atom is -0.396 e. The van der Waals surface area contributed by atoms with Crippen molar-refractivity contribution in [3.05, 3.63) is 0 Å². The summed E-state index contributed by atoms with van der Waals surface area (Å²) in [7, 11) is 0. The van der Waals surface area contributed by atoms with Gasteiger partial charge in [-0.15, -0.1) is 0 Å². The van der Waals surface area contributed by atoms with Gasteiger partial charge < -0.3 is 10.0 Å². The second kappa shape index (κ2) is 8.25. The van der Waals surface area contributed by atoms with Gasteiger partial charge in [-0.3, -0.25) is 4.79 Å². The molecule has 0 saturated heterocycles. The molecule has 15 heavy (non-hydrogen) atoms. The van der Waals surface area contributed by atoms with Crippen LogP contribution in [-0.2, 0) is 4.79 Å². The summed E-state index contributed by atoms with van der Waals surface area (Å²) in [6.07, 6.45) is 2.02. The largest absolute Gasteiger partial charge is 0.396 e. The van der Waals surface area contributed by atoms with Gasteiger partial charge in [0.2, 0.25) is 5.91 Å². The molecular formula is C11H20N2O2. The van der Waals surface area contributed by atoms with Crippen molar-refractivity contribution in [1.29, 1.82) is 5.26 Å². The first-order chi connectivity index (χ1) is 7.21. The molecule has 86 valence electrons. The van der Waals surface area contributed by atoms with Gasteiger partial charge in [-0.25, -0.2) is 0 Å². The molecule has 0 radical (unpaired) electrons. The lowest BCUT2D eigenvalue weighted by Crippen LogP contribution is -2.36. The Labute approximate surface area is 91.5 Å². The Bertz CT molecular complexity index is 223. The fraction of sp³-hybridized carbons (Fsp3) is 0.818. The van der Waals surface area contributed by atoms with E-state index >= 15 is 0 Å². The number of nitriles is 1. The summed E-state index contributed by atoms with van der Waals surface area (Å²) in [5.74, 6) is -0.621. The van der Waals surface area contributed by atoms with Crippen molar-refractivity contribution in [1.82, 2.24) is 4.90 Å². The van der Waals surface area contributed by atoms with E-state index in [2.05, 4.69) is 0 Å². The quantitative estimate of drug-likeness (QED) is 0.688. The molecule has 1 amide bonds. The van der Waals surface area contributed by atoms with Crippen LogP contribution < -0.4 is 0 Å². The number of rotatable bonds is 7. The zero-order valence-electron chi connectivity index (χ0n) is 9.57. The van der Waals surface area contributed by atoms with Crippen LogP contribution in [0.5, 0.6) is 0 Å². The molecule has 0 saturated carbocycles. The second-order valence-electron chi connectivity index (χ2n) is 3.47. The Kier molecular flexibility index (Phi) is 7.65. The highest BCUT2D eigenvalue weighted by Gasteiger charge is 2.21. The van der Waals surface area contributed by atoms with Crippen LogP contribution in [0, 0.1) is 17.2 Å². The van der Waals surface area contributed by atoms with E-state index in [9.17, 15) is 4.79 Å². The first-order valence-electron chi connectivity index (χ1n) is 5.50. The molecule has 1 N–H and O–H groups in total. The average molecular weight is 212 g/mol. The monoisotopic (exact) mass is 212 g/mol. The topological polar surface area (TPSA) is 64.3 Å². The van der Waals surface area contributed by atoms with Crippen LogP contribution in [0.4, 0.5) is 0 Å². The summed E-state index contributed by atoms with van der Waals surface area (Å²) in [6.45, 7) is 5.06. The Morgan fingerprint density at radius 2 is 2.20 bits per heavy atom. The second-order valence-corrected chi connectivity index (χ2v) is 3.47. The average Bonchev–Trinajstić information content (AvgIpc) is 2.26. The van der Waals surface area contributed by atoms with Crippen molar-refractivity contribution in [2.45, 2.75) is 33.1 Å². The number of hydrogen-bond acceptors (Lipinski definition) is 3. The molecule has 1 unspecified atom stereocenters. The van der Waals surface area contributed by atoms with E-state index in [1.54, 1.807) is 4.90 Å². The van der Waals surface area contributed by atoms with Crippen molar-refractivity contribution >= 4 is 5.91 Å². The van der Waals surface area contributed by atoms with Crippen LogP contribution in [0.25, 0.3) is 0 Å². The normalized spacial score (nSPS) is 11.9. The van der Waals surface area contributed by atoms with E-state index in [1.807, 2.05) is 19.9 Å². The fourth-order valence-corrected chi connectivity index (χ4v) is 1.44. The summed E-state index contributed by atoms with van der Waals surface area (Å²) in [4.78, 5) is 13.5. The lowest BCUT2D eigenvalue weighted by molar-refractivity contribution is -0.133. The van der Waals surface area contributed by atoms with E-state index in [-0.39, 0.29) is 12.5 Å². The van der Waals surface area contributed by atoms with Crippen LogP contribution in [0.15, 0.2) is 0 Å². The summed E-state index contributed by atoms with van der Waals surface area (Å²) in [5, 5.41) is 17.5. The first kappa shape index (κ1) is 13.9. The minimum atomic E-state index is -0.520. The fourth-order valence-electron chi connectivity index (χ4n) is 1.44. The zero-order valence-corrected chi connectivity index (χ0v) is 9.57. The predicted molar refractivity (Wildman–Crippen MR) is 58.0 cm³/mol. The van der Waals surface area contributed by atoms with Crippen molar-refractivity contribution < 1.29 is 9.90 Å². The first-order valence-corrected chi connectivity index (χ1v) is 5.50. The summed E-state index contributed by atoms with van der Waals surface area (Å²) in [5.41, 5.74) is 0. The van der Waals surface area contributed by atoms with E-state index in [0.717, 1.165) is 6.42 Å². The lowest BCUT2D eigenvalue weighted by Gasteiger charge is -2.22. The zero-order chi connectivity index (χ0) is 11.7. The van der Waals surface area contributed by atoms with E-state index < -0.39 is 5.92 Å². The number of hydrogen-bond donors (Lipinski definition) is 1. The van der Waals surface area contributed by atoms with Crippen molar-refractivity contribution in [2.75, 3.05) is 19.7 Å². The van der Waals surface area contributed by atoms with Gasteiger partial charge in [0.25, 0.3) is 0 Å². The molecule has 0 aliphatic heterocycles. The van der Waals surface area contributed by atoms with E-state index in [4.69, 9.17) is 10.4 Å². The highest BCUT2D eigenvalue weighted by molar-refractivity contribution is 5.81. The van der Waals surface area contributed by atoms with Gasteiger partial charge >= 0.3 is 0 Å². The Balaban J connectivity index is 4.28. The van der Waals surface area contributed by atoms with Crippen LogP contribution in [0.1, 0.15) is 33.1 Å². The van der Waals surface area contributed by atoms with Crippen molar-refractivity contribution in [3.63, 3.8) is 0 Å². The predicted octanol–water partition coefficient (Wildman–Crippen LogP) is 1.16. The molecule has 0 spiro atoms. The highest BCUT2D eigenvalue weighted by Crippen LogP contribution is 2.09. The molecule has 0 aromatic carbocycles. The molecule has 0 aliphatic carbocycles. The van der Waals surface area contributed by atoms with Crippen molar-refractivity contribution in [3.8, 4) is 6.07 Å².